The third kappa shape index (κ3) is 3.61. The highest BCUT2D eigenvalue weighted by Crippen LogP contribution is 2.20. The highest BCUT2D eigenvalue weighted by Gasteiger charge is 2.33. The third-order valence-corrected chi connectivity index (χ3v) is 4.79. The molecule has 1 amide bonds. The number of likely N-dealkylation sites (N-methyl/N-ethyl adjacent to an activating group) is 1. The maximum atomic E-state index is 12.7. The molecule has 0 N–H and O–H groups in total. The van der Waals surface area contributed by atoms with Gasteiger partial charge < -0.3 is 14.5 Å². The maximum absolute atomic E-state index is 12.7. The number of anilines is 1. The second-order valence-electron chi connectivity index (χ2n) is 6.53. The van der Waals surface area contributed by atoms with Crippen molar-refractivity contribution in [2.45, 2.75) is 32.7 Å². The molecule has 1 atom stereocenters. The summed E-state index contributed by atoms with van der Waals surface area (Å²) in [5.74, 6) is 1.59. The largest absolute Gasteiger partial charge is 0.478 e. The minimum absolute atomic E-state index is 0.0660. The fraction of sp³-hybridized carbons (Fsp3) is 0.706. The van der Waals surface area contributed by atoms with E-state index in [1.165, 1.54) is 0 Å². The summed E-state index contributed by atoms with van der Waals surface area (Å²) in [5.41, 5.74) is 0.898. The molecule has 3 rings (SSSR count). The monoisotopic (exact) mass is 333 g/mol. The Morgan fingerprint density at radius 2 is 2.00 bits per heavy atom. The van der Waals surface area contributed by atoms with Gasteiger partial charge in [0.15, 0.2) is 0 Å². The van der Waals surface area contributed by atoms with Crippen LogP contribution in [0.25, 0.3) is 0 Å². The highest BCUT2D eigenvalue weighted by molar-refractivity contribution is 5.82. The van der Waals surface area contributed by atoms with Crippen LogP contribution < -0.4 is 9.64 Å². The number of hydrogen-bond acceptors (Lipinski definition) is 6. The van der Waals surface area contributed by atoms with E-state index in [1.807, 2.05) is 31.9 Å². The Morgan fingerprint density at radius 3 is 2.62 bits per heavy atom. The summed E-state index contributed by atoms with van der Waals surface area (Å²) in [6.45, 7) is 8.48. The van der Waals surface area contributed by atoms with Crippen molar-refractivity contribution in [1.29, 1.82) is 0 Å². The van der Waals surface area contributed by atoms with E-state index in [4.69, 9.17) is 4.74 Å². The number of aryl methyl sites for hydroxylation is 1. The summed E-state index contributed by atoms with van der Waals surface area (Å²) in [5, 5.41) is 0. The Hall–Kier alpha value is -1.89. The van der Waals surface area contributed by atoms with Crippen molar-refractivity contribution in [1.82, 2.24) is 19.8 Å². The molecule has 0 radical (unpaired) electrons. The first-order chi connectivity index (χ1) is 11.6. The lowest BCUT2D eigenvalue weighted by Gasteiger charge is -2.37. The van der Waals surface area contributed by atoms with E-state index < -0.39 is 0 Å². The molecule has 0 bridgehead atoms. The average molecular weight is 333 g/mol. The predicted molar refractivity (Wildman–Crippen MR) is 92.4 cm³/mol. The number of carbonyl (C=O) groups excluding carboxylic acids is 1. The van der Waals surface area contributed by atoms with Gasteiger partial charge in [-0.2, -0.15) is 4.98 Å². The topological polar surface area (TPSA) is 61.8 Å². The molecule has 132 valence electrons. The maximum Gasteiger partial charge on any atom is 0.240 e. The molecule has 1 aromatic heterocycles. The van der Waals surface area contributed by atoms with Crippen molar-refractivity contribution in [3.8, 4) is 5.88 Å². The number of likely N-dealkylation sites (tertiary alicyclic amines) is 1. The van der Waals surface area contributed by atoms with E-state index >= 15 is 0 Å². The van der Waals surface area contributed by atoms with Crippen molar-refractivity contribution in [3.05, 3.63) is 11.8 Å². The van der Waals surface area contributed by atoms with E-state index in [-0.39, 0.29) is 11.9 Å². The summed E-state index contributed by atoms with van der Waals surface area (Å²) in [6, 6.07) is 1.92. The van der Waals surface area contributed by atoms with Crippen molar-refractivity contribution in [2.75, 3.05) is 51.3 Å². The SMILES string of the molecule is CCOc1cc(C)nc(N2CCN(C(=O)C3CCCN3C)CC2)n1. The fourth-order valence-corrected chi connectivity index (χ4v) is 3.45. The number of aromatic nitrogens is 2. The Morgan fingerprint density at radius 1 is 1.25 bits per heavy atom. The van der Waals surface area contributed by atoms with Crippen molar-refractivity contribution in [2.24, 2.45) is 0 Å². The van der Waals surface area contributed by atoms with Crippen LogP contribution >= 0.6 is 0 Å². The summed E-state index contributed by atoms with van der Waals surface area (Å²) in [7, 11) is 2.04. The quantitative estimate of drug-likeness (QED) is 0.817. The summed E-state index contributed by atoms with van der Waals surface area (Å²) in [6.07, 6.45) is 2.10. The van der Waals surface area contributed by atoms with Crippen LogP contribution in [0.4, 0.5) is 5.95 Å². The molecule has 2 saturated heterocycles. The lowest BCUT2D eigenvalue weighted by molar-refractivity contribution is -0.135. The van der Waals surface area contributed by atoms with Gasteiger partial charge in [-0.25, -0.2) is 4.98 Å². The zero-order valence-electron chi connectivity index (χ0n) is 14.9. The number of nitrogens with zero attached hydrogens (tertiary/aromatic N) is 5. The van der Waals surface area contributed by atoms with Crippen LogP contribution in [-0.4, -0.2) is 78.1 Å². The molecule has 0 aliphatic carbocycles. The van der Waals surface area contributed by atoms with Gasteiger partial charge in [-0.1, -0.05) is 0 Å². The molecular formula is C17H27N5O2. The van der Waals surface area contributed by atoms with E-state index in [0.717, 1.165) is 51.3 Å². The van der Waals surface area contributed by atoms with Gasteiger partial charge >= 0.3 is 0 Å². The Bertz CT molecular complexity index is 586. The minimum atomic E-state index is 0.0660. The van der Waals surface area contributed by atoms with Gasteiger partial charge in [-0.15, -0.1) is 0 Å². The zero-order valence-corrected chi connectivity index (χ0v) is 14.9. The molecule has 1 unspecified atom stereocenters. The van der Waals surface area contributed by atoms with Crippen LogP contribution in [0.3, 0.4) is 0 Å². The average Bonchev–Trinajstić information content (AvgIpc) is 3.00. The summed E-state index contributed by atoms with van der Waals surface area (Å²) in [4.78, 5) is 28.0. The first kappa shape index (κ1) is 17.0. The molecular weight excluding hydrogens is 306 g/mol. The van der Waals surface area contributed by atoms with Gasteiger partial charge in [-0.05, 0) is 40.3 Å². The number of amides is 1. The van der Waals surface area contributed by atoms with Crippen LogP contribution in [-0.2, 0) is 4.79 Å². The molecule has 1 aromatic rings. The second-order valence-corrected chi connectivity index (χ2v) is 6.53. The lowest BCUT2D eigenvalue weighted by Crippen LogP contribution is -2.53. The van der Waals surface area contributed by atoms with E-state index in [0.29, 0.717) is 18.4 Å². The molecule has 2 aliphatic heterocycles. The number of carbonyl (C=O) groups is 1. The van der Waals surface area contributed by atoms with Crippen molar-refractivity contribution in [3.63, 3.8) is 0 Å². The molecule has 2 aliphatic rings. The van der Waals surface area contributed by atoms with Crippen molar-refractivity contribution >= 4 is 11.9 Å². The van der Waals surface area contributed by atoms with Gasteiger partial charge in [-0.3, -0.25) is 9.69 Å². The first-order valence-electron chi connectivity index (χ1n) is 8.81. The van der Waals surface area contributed by atoms with Crippen LogP contribution in [0.15, 0.2) is 6.07 Å². The van der Waals surface area contributed by atoms with Gasteiger partial charge in [0, 0.05) is 37.9 Å². The second kappa shape index (κ2) is 7.34. The van der Waals surface area contributed by atoms with Gasteiger partial charge in [0.2, 0.25) is 17.7 Å². The van der Waals surface area contributed by atoms with Gasteiger partial charge in [0.1, 0.15) is 0 Å². The molecule has 0 saturated carbocycles. The summed E-state index contributed by atoms with van der Waals surface area (Å²) >= 11 is 0. The van der Waals surface area contributed by atoms with Crippen LogP contribution in [0.2, 0.25) is 0 Å². The number of ether oxygens (including phenoxy) is 1. The zero-order chi connectivity index (χ0) is 17.1. The fourth-order valence-electron chi connectivity index (χ4n) is 3.45. The molecule has 3 heterocycles. The predicted octanol–water partition coefficient (Wildman–Crippen LogP) is 0.927. The van der Waals surface area contributed by atoms with E-state index in [2.05, 4.69) is 19.8 Å². The summed E-state index contributed by atoms with van der Waals surface area (Å²) < 4.78 is 5.51. The molecule has 0 aromatic carbocycles. The van der Waals surface area contributed by atoms with Crippen LogP contribution in [0, 0.1) is 6.92 Å². The molecule has 2 fully saturated rings. The Balaban J connectivity index is 1.61. The van der Waals surface area contributed by atoms with E-state index in [1.54, 1.807) is 0 Å². The number of rotatable bonds is 4. The smallest absolute Gasteiger partial charge is 0.240 e. The first-order valence-corrected chi connectivity index (χ1v) is 8.81. The van der Waals surface area contributed by atoms with Crippen LogP contribution in [0.5, 0.6) is 5.88 Å². The number of piperazine rings is 1. The van der Waals surface area contributed by atoms with Crippen LogP contribution in [0.1, 0.15) is 25.5 Å². The number of hydrogen-bond donors (Lipinski definition) is 0. The normalized spacial score (nSPS) is 22.0. The molecule has 7 heteroatoms. The molecule has 24 heavy (non-hydrogen) atoms. The third-order valence-electron chi connectivity index (χ3n) is 4.79. The Labute approximate surface area is 143 Å². The molecule has 7 nitrogen and oxygen atoms in total. The standard InChI is InChI=1S/C17H27N5O2/c1-4-24-15-12-13(2)18-17(19-15)22-10-8-21(9-11-22)16(23)14-6-5-7-20(14)3/h12,14H,4-11H2,1-3H3. The van der Waals surface area contributed by atoms with Gasteiger partial charge in [0.05, 0.1) is 12.6 Å². The molecule has 0 spiro atoms. The van der Waals surface area contributed by atoms with Crippen molar-refractivity contribution < 1.29 is 9.53 Å². The highest BCUT2D eigenvalue weighted by atomic mass is 16.5. The van der Waals surface area contributed by atoms with Gasteiger partial charge in [0.25, 0.3) is 0 Å². The minimum Gasteiger partial charge on any atom is -0.478 e. The Kier molecular flexibility index (Phi) is 5.18. The lowest BCUT2D eigenvalue weighted by atomic mass is 10.2. The van der Waals surface area contributed by atoms with E-state index in [9.17, 15) is 4.79 Å².